The third-order valence-electron chi connectivity index (χ3n) is 2.31. The van der Waals surface area contributed by atoms with E-state index in [9.17, 15) is 4.79 Å². The molecular formula is C10H11N3O. The minimum atomic E-state index is 0.00458. The molecule has 1 aliphatic heterocycles. The monoisotopic (exact) mass is 189 g/mol. The van der Waals surface area contributed by atoms with Crippen LogP contribution < -0.4 is 11.2 Å². The quantitative estimate of drug-likeness (QED) is 0.394. The lowest BCUT2D eigenvalue weighted by Gasteiger charge is -2.22. The number of carbonyl (C=O) groups excluding carboxylic acids is 1. The van der Waals surface area contributed by atoms with Crippen molar-refractivity contribution in [3.05, 3.63) is 29.8 Å². The average molecular weight is 189 g/mol. The Hall–Kier alpha value is -1.84. The molecule has 1 unspecified atom stereocenters. The lowest BCUT2D eigenvalue weighted by molar-refractivity contribution is -0.116. The number of hydrogen-bond donors (Lipinski definition) is 2. The van der Waals surface area contributed by atoms with Crippen LogP contribution in [0.1, 0.15) is 17.9 Å². The maximum Gasteiger partial charge on any atom is 0.225 e. The SMILES string of the molecule is NN=CC1CC(=O)Nc2ccccc21. The lowest BCUT2D eigenvalue weighted by atomic mass is 9.92. The summed E-state index contributed by atoms with van der Waals surface area (Å²) < 4.78 is 0. The number of carbonyl (C=O) groups is 1. The van der Waals surface area contributed by atoms with Gasteiger partial charge in [-0.3, -0.25) is 4.79 Å². The molecule has 0 radical (unpaired) electrons. The Labute approximate surface area is 81.8 Å². The Morgan fingerprint density at radius 3 is 3.07 bits per heavy atom. The van der Waals surface area contributed by atoms with Gasteiger partial charge in [0, 0.05) is 24.2 Å². The molecule has 72 valence electrons. The zero-order chi connectivity index (χ0) is 9.97. The maximum atomic E-state index is 11.3. The predicted molar refractivity (Wildman–Crippen MR) is 55.1 cm³/mol. The normalized spacial score (nSPS) is 20.6. The first-order valence-electron chi connectivity index (χ1n) is 4.43. The van der Waals surface area contributed by atoms with Gasteiger partial charge in [-0.05, 0) is 11.6 Å². The van der Waals surface area contributed by atoms with Crippen LogP contribution in [0.4, 0.5) is 5.69 Å². The van der Waals surface area contributed by atoms with E-state index in [1.807, 2.05) is 24.3 Å². The van der Waals surface area contributed by atoms with Crippen LogP contribution in [0.3, 0.4) is 0 Å². The number of fused-ring (bicyclic) bond motifs is 1. The first-order chi connectivity index (χ1) is 6.81. The lowest BCUT2D eigenvalue weighted by Crippen LogP contribution is -2.23. The van der Waals surface area contributed by atoms with Crippen LogP contribution in [-0.2, 0) is 4.79 Å². The molecule has 1 amide bonds. The Bertz CT molecular complexity index is 387. The van der Waals surface area contributed by atoms with Crippen molar-refractivity contribution in [3.8, 4) is 0 Å². The highest BCUT2D eigenvalue weighted by atomic mass is 16.1. The zero-order valence-electron chi connectivity index (χ0n) is 7.60. The van der Waals surface area contributed by atoms with Gasteiger partial charge in [-0.1, -0.05) is 18.2 Å². The average Bonchev–Trinajstić information content (AvgIpc) is 2.18. The number of nitrogens with zero attached hydrogens (tertiary/aromatic N) is 1. The van der Waals surface area contributed by atoms with Crippen LogP contribution in [0.5, 0.6) is 0 Å². The molecule has 0 saturated carbocycles. The van der Waals surface area contributed by atoms with E-state index >= 15 is 0 Å². The highest BCUT2D eigenvalue weighted by Crippen LogP contribution is 2.30. The molecule has 1 atom stereocenters. The largest absolute Gasteiger partial charge is 0.326 e. The fraction of sp³-hybridized carbons (Fsp3) is 0.200. The molecule has 1 aliphatic rings. The first kappa shape index (κ1) is 8.74. The van der Waals surface area contributed by atoms with Gasteiger partial charge in [0.1, 0.15) is 0 Å². The third kappa shape index (κ3) is 1.46. The Balaban J connectivity index is 2.43. The minimum Gasteiger partial charge on any atom is -0.326 e. The summed E-state index contributed by atoms with van der Waals surface area (Å²) in [4.78, 5) is 11.3. The minimum absolute atomic E-state index is 0.00458. The summed E-state index contributed by atoms with van der Waals surface area (Å²) in [5.41, 5.74) is 1.93. The van der Waals surface area contributed by atoms with Crippen molar-refractivity contribution in [3.63, 3.8) is 0 Å². The number of hydrogen-bond acceptors (Lipinski definition) is 3. The van der Waals surface area contributed by atoms with E-state index in [0.29, 0.717) is 6.42 Å². The van der Waals surface area contributed by atoms with Gasteiger partial charge in [-0.2, -0.15) is 5.10 Å². The molecule has 0 aromatic heterocycles. The van der Waals surface area contributed by atoms with E-state index in [-0.39, 0.29) is 11.8 Å². The number of hydrazone groups is 1. The van der Waals surface area contributed by atoms with Crippen molar-refractivity contribution in [1.82, 2.24) is 0 Å². The van der Waals surface area contributed by atoms with Gasteiger partial charge >= 0.3 is 0 Å². The van der Waals surface area contributed by atoms with E-state index in [0.717, 1.165) is 11.3 Å². The number of anilines is 1. The summed E-state index contributed by atoms with van der Waals surface area (Å²) in [6.45, 7) is 0. The van der Waals surface area contributed by atoms with Crippen molar-refractivity contribution >= 4 is 17.8 Å². The van der Waals surface area contributed by atoms with Crippen molar-refractivity contribution in [2.45, 2.75) is 12.3 Å². The summed E-state index contributed by atoms with van der Waals surface area (Å²) in [6, 6.07) is 7.68. The van der Waals surface area contributed by atoms with Crippen molar-refractivity contribution < 1.29 is 4.79 Å². The summed E-state index contributed by atoms with van der Waals surface area (Å²) in [6.07, 6.45) is 2.02. The summed E-state index contributed by atoms with van der Waals surface area (Å²) in [5.74, 6) is 5.11. The molecule has 0 fully saturated rings. The Morgan fingerprint density at radius 2 is 2.29 bits per heavy atom. The molecule has 4 nitrogen and oxygen atoms in total. The molecule has 0 saturated heterocycles. The third-order valence-corrected chi connectivity index (χ3v) is 2.31. The number of para-hydroxylation sites is 1. The molecule has 14 heavy (non-hydrogen) atoms. The fourth-order valence-electron chi connectivity index (χ4n) is 1.68. The number of nitrogens with one attached hydrogen (secondary N) is 1. The topological polar surface area (TPSA) is 67.5 Å². The van der Waals surface area contributed by atoms with Gasteiger partial charge in [0.15, 0.2) is 0 Å². The van der Waals surface area contributed by atoms with Crippen molar-refractivity contribution in [2.24, 2.45) is 10.9 Å². The molecule has 1 aromatic carbocycles. The number of amides is 1. The summed E-state index contributed by atoms with van der Waals surface area (Å²) >= 11 is 0. The van der Waals surface area contributed by atoms with Gasteiger partial charge in [0.25, 0.3) is 0 Å². The Kier molecular flexibility index (Phi) is 2.18. The molecule has 3 N–H and O–H groups in total. The molecule has 0 bridgehead atoms. The molecular weight excluding hydrogens is 178 g/mol. The summed E-state index contributed by atoms with van der Waals surface area (Å²) in [7, 11) is 0. The van der Waals surface area contributed by atoms with Crippen LogP contribution in [0.25, 0.3) is 0 Å². The van der Waals surface area contributed by atoms with Crippen molar-refractivity contribution in [2.75, 3.05) is 5.32 Å². The van der Waals surface area contributed by atoms with E-state index in [1.165, 1.54) is 0 Å². The first-order valence-corrected chi connectivity index (χ1v) is 4.43. The van der Waals surface area contributed by atoms with E-state index in [1.54, 1.807) is 6.21 Å². The van der Waals surface area contributed by atoms with Gasteiger partial charge in [-0.15, -0.1) is 0 Å². The Morgan fingerprint density at radius 1 is 1.50 bits per heavy atom. The van der Waals surface area contributed by atoms with E-state index in [2.05, 4.69) is 10.4 Å². The van der Waals surface area contributed by atoms with Gasteiger partial charge in [0.2, 0.25) is 5.91 Å². The highest BCUT2D eigenvalue weighted by molar-refractivity contribution is 5.98. The van der Waals surface area contributed by atoms with Crippen LogP contribution in [0.2, 0.25) is 0 Å². The standard InChI is InChI=1S/C10H11N3O/c11-12-6-7-5-10(14)13-9-4-2-1-3-8(7)9/h1-4,6-7H,5,11H2,(H,13,14). The molecule has 1 aromatic rings. The van der Waals surface area contributed by atoms with Gasteiger partial charge in [0.05, 0.1) is 0 Å². The van der Waals surface area contributed by atoms with Crippen LogP contribution in [0, 0.1) is 0 Å². The molecule has 0 spiro atoms. The van der Waals surface area contributed by atoms with Crippen LogP contribution >= 0.6 is 0 Å². The second-order valence-electron chi connectivity index (χ2n) is 3.24. The van der Waals surface area contributed by atoms with E-state index in [4.69, 9.17) is 5.84 Å². The number of nitrogens with two attached hydrogens (primary N) is 1. The zero-order valence-corrected chi connectivity index (χ0v) is 7.60. The molecule has 0 aliphatic carbocycles. The molecule has 4 heteroatoms. The maximum absolute atomic E-state index is 11.3. The van der Waals surface area contributed by atoms with Crippen molar-refractivity contribution in [1.29, 1.82) is 0 Å². The predicted octanol–water partition coefficient (Wildman–Crippen LogP) is 1.06. The molecule has 2 rings (SSSR count). The highest BCUT2D eigenvalue weighted by Gasteiger charge is 2.22. The number of rotatable bonds is 1. The van der Waals surface area contributed by atoms with Crippen LogP contribution in [-0.4, -0.2) is 12.1 Å². The number of benzene rings is 1. The second-order valence-corrected chi connectivity index (χ2v) is 3.24. The smallest absolute Gasteiger partial charge is 0.225 e. The molecule has 1 heterocycles. The van der Waals surface area contributed by atoms with Crippen LogP contribution in [0.15, 0.2) is 29.4 Å². The summed E-state index contributed by atoms with van der Waals surface area (Å²) in [5, 5.41) is 6.29. The fourth-order valence-corrected chi connectivity index (χ4v) is 1.68. The van der Waals surface area contributed by atoms with Gasteiger partial charge < -0.3 is 11.2 Å². The second kappa shape index (κ2) is 3.49. The van der Waals surface area contributed by atoms with E-state index < -0.39 is 0 Å². The van der Waals surface area contributed by atoms with Gasteiger partial charge in [-0.25, -0.2) is 0 Å².